The standard InChI is InChI=1S/C23H27FN2O4S/c1-30-20-11-6-17(16-21(20)31(28,29)26-14-4-5-15-26)22(27)25-23(12-2-3-13-23)18-7-9-19(24)10-8-18/h6-11,16H,2-5,12-15H2,1H3,(H,25,27). The van der Waals surface area contributed by atoms with Gasteiger partial charge in [-0.2, -0.15) is 4.31 Å². The average molecular weight is 447 g/mol. The molecule has 2 aliphatic rings. The van der Waals surface area contributed by atoms with E-state index in [2.05, 4.69) is 5.32 Å². The highest BCUT2D eigenvalue weighted by molar-refractivity contribution is 7.89. The van der Waals surface area contributed by atoms with Crippen molar-refractivity contribution in [1.82, 2.24) is 9.62 Å². The summed E-state index contributed by atoms with van der Waals surface area (Å²) in [6.07, 6.45) is 5.05. The van der Waals surface area contributed by atoms with Crippen LogP contribution in [0.25, 0.3) is 0 Å². The first kappa shape index (κ1) is 21.8. The number of nitrogens with zero attached hydrogens (tertiary/aromatic N) is 1. The summed E-state index contributed by atoms with van der Waals surface area (Å²) < 4.78 is 46.4. The maximum atomic E-state index is 13.4. The number of hydrogen-bond acceptors (Lipinski definition) is 4. The van der Waals surface area contributed by atoms with E-state index in [0.29, 0.717) is 13.1 Å². The van der Waals surface area contributed by atoms with Crippen LogP contribution in [0.15, 0.2) is 47.4 Å². The number of benzene rings is 2. The van der Waals surface area contributed by atoms with Gasteiger partial charge in [0.2, 0.25) is 10.0 Å². The molecule has 6 nitrogen and oxygen atoms in total. The monoisotopic (exact) mass is 446 g/mol. The van der Waals surface area contributed by atoms with Gasteiger partial charge in [0.25, 0.3) is 5.91 Å². The highest BCUT2D eigenvalue weighted by Crippen LogP contribution is 2.39. The third kappa shape index (κ3) is 4.19. The summed E-state index contributed by atoms with van der Waals surface area (Å²) >= 11 is 0. The zero-order valence-electron chi connectivity index (χ0n) is 17.6. The summed E-state index contributed by atoms with van der Waals surface area (Å²) in [6, 6.07) is 10.7. The van der Waals surface area contributed by atoms with E-state index in [1.807, 2.05) is 0 Å². The first-order valence-corrected chi connectivity index (χ1v) is 12.1. The lowest BCUT2D eigenvalue weighted by molar-refractivity contribution is 0.0898. The molecule has 1 amide bonds. The second kappa shape index (κ2) is 8.59. The minimum Gasteiger partial charge on any atom is -0.495 e. The summed E-state index contributed by atoms with van der Waals surface area (Å²) in [5, 5.41) is 3.12. The number of carbonyl (C=O) groups is 1. The van der Waals surface area contributed by atoms with E-state index < -0.39 is 15.6 Å². The van der Waals surface area contributed by atoms with Gasteiger partial charge < -0.3 is 10.1 Å². The van der Waals surface area contributed by atoms with Crippen molar-refractivity contribution in [3.8, 4) is 5.75 Å². The Morgan fingerprint density at radius 2 is 1.68 bits per heavy atom. The lowest BCUT2D eigenvalue weighted by Crippen LogP contribution is -2.43. The molecule has 0 aromatic heterocycles. The Balaban J connectivity index is 1.66. The molecule has 0 spiro atoms. The van der Waals surface area contributed by atoms with Crippen molar-refractivity contribution in [1.29, 1.82) is 0 Å². The van der Waals surface area contributed by atoms with Gasteiger partial charge in [-0.05, 0) is 61.6 Å². The molecule has 2 aromatic carbocycles. The first-order chi connectivity index (χ1) is 14.9. The van der Waals surface area contributed by atoms with Crippen molar-refractivity contribution in [3.63, 3.8) is 0 Å². The van der Waals surface area contributed by atoms with Gasteiger partial charge in [-0.1, -0.05) is 25.0 Å². The number of rotatable bonds is 6. The van der Waals surface area contributed by atoms with Gasteiger partial charge in [0.15, 0.2) is 0 Å². The molecule has 1 heterocycles. The molecule has 2 aromatic rings. The number of halogens is 1. The minimum absolute atomic E-state index is 0.00630. The molecule has 166 valence electrons. The van der Waals surface area contributed by atoms with E-state index in [4.69, 9.17) is 4.74 Å². The zero-order chi connectivity index (χ0) is 22.1. The Morgan fingerprint density at radius 3 is 2.29 bits per heavy atom. The summed E-state index contributed by atoms with van der Waals surface area (Å²) in [4.78, 5) is 13.2. The third-order valence-corrected chi connectivity index (χ3v) is 8.24. The van der Waals surface area contributed by atoms with Gasteiger partial charge in [0, 0.05) is 18.7 Å². The highest BCUT2D eigenvalue weighted by Gasteiger charge is 2.38. The minimum atomic E-state index is -3.75. The predicted molar refractivity (Wildman–Crippen MR) is 115 cm³/mol. The number of hydrogen-bond donors (Lipinski definition) is 1. The van der Waals surface area contributed by atoms with Gasteiger partial charge in [-0.15, -0.1) is 0 Å². The van der Waals surface area contributed by atoms with Crippen LogP contribution < -0.4 is 10.1 Å². The van der Waals surface area contributed by atoms with E-state index in [9.17, 15) is 17.6 Å². The van der Waals surface area contributed by atoms with E-state index in [1.54, 1.807) is 18.2 Å². The Kier molecular flexibility index (Phi) is 6.03. The molecule has 0 radical (unpaired) electrons. The van der Waals surface area contributed by atoms with Crippen LogP contribution in [0.2, 0.25) is 0 Å². The molecule has 2 fully saturated rings. The maximum Gasteiger partial charge on any atom is 0.252 e. The topological polar surface area (TPSA) is 75.7 Å². The lowest BCUT2D eigenvalue weighted by Gasteiger charge is -2.31. The van der Waals surface area contributed by atoms with E-state index in [0.717, 1.165) is 44.1 Å². The summed E-state index contributed by atoms with van der Waals surface area (Å²) in [6.45, 7) is 0.936. The molecule has 0 unspecified atom stereocenters. The van der Waals surface area contributed by atoms with Crippen molar-refractivity contribution >= 4 is 15.9 Å². The second-order valence-corrected chi connectivity index (χ2v) is 10.1. The molecule has 8 heteroatoms. The van der Waals surface area contributed by atoms with Crippen LogP contribution in [0.3, 0.4) is 0 Å². The van der Waals surface area contributed by atoms with Gasteiger partial charge in [0.05, 0.1) is 12.6 Å². The molecule has 31 heavy (non-hydrogen) atoms. The summed E-state index contributed by atoms with van der Waals surface area (Å²) in [7, 11) is -2.33. The Morgan fingerprint density at radius 1 is 1.03 bits per heavy atom. The average Bonchev–Trinajstić information content (AvgIpc) is 3.47. The fourth-order valence-electron chi connectivity index (χ4n) is 4.61. The summed E-state index contributed by atoms with van der Waals surface area (Å²) in [5.41, 5.74) is 0.531. The molecule has 1 saturated heterocycles. The molecule has 0 bridgehead atoms. The SMILES string of the molecule is COc1ccc(C(=O)NC2(c3ccc(F)cc3)CCCC2)cc1S(=O)(=O)N1CCCC1. The Bertz CT molecular complexity index is 1060. The molecule has 0 atom stereocenters. The maximum absolute atomic E-state index is 13.4. The first-order valence-electron chi connectivity index (χ1n) is 10.6. The van der Waals surface area contributed by atoms with Gasteiger partial charge in [0.1, 0.15) is 16.5 Å². The molecule has 1 aliphatic carbocycles. The van der Waals surface area contributed by atoms with Crippen LogP contribution in [-0.4, -0.2) is 38.8 Å². The lowest BCUT2D eigenvalue weighted by atomic mass is 9.87. The second-order valence-electron chi connectivity index (χ2n) is 8.23. The fraction of sp³-hybridized carbons (Fsp3) is 0.435. The van der Waals surface area contributed by atoms with Crippen LogP contribution in [0.5, 0.6) is 5.75 Å². The zero-order valence-corrected chi connectivity index (χ0v) is 18.4. The molecular formula is C23H27FN2O4S. The quantitative estimate of drug-likeness (QED) is 0.732. The van der Waals surface area contributed by atoms with Gasteiger partial charge in [-0.25, -0.2) is 12.8 Å². The highest BCUT2D eigenvalue weighted by atomic mass is 32.2. The normalized spacial score (nSPS) is 18.8. The number of ether oxygens (including phenoxy) is 1. The molecule has 4 rings (SSSR count). The fourth-order valence-corrected chi connectivity index (χ4v) is 6.31. The number of methoxy groups -OCH3 is 1. The summed E-state index contributed by atoms with van der Waals surface area (Å²) in [5.74, 6) is -0.459. The molecular weight excluding hydrogens is 419 g/mol. The van der Waals surface area contributed by atoms with Crippen LogP contribution >= 0.6 is 0 Å². The van der Waals surface area contributed by atoms with E-state index >= 15 is 0 Å². The van der Waals surface area contributed by atoms with Gasteiger partial charge in [-0.3, -0.25) is 4.79 Å². The van der Waals surface area contributed by atoms with Gasteiger partial charge >= 0.3 is 0 Å². The number of amides is 1. The Hall–Kier alpha value is -2.45. The van der Waals surface area contributed by atoms with Crippen LogP contribution in [-0.2, 0) is 15.6 Å². The van der Waals surface area contributed by atoms with Crippen LogP contribution in [0, 0.1) is 5.82 Å². The number of sulfonamides is 1. The third-order valence-electron chi connectivity index (χ3n) is 6.32. The number of carbonyl (C=O) groups excluding carboxylic acids is 1. The largest absolute Gasteiger partial charge is 0.495 e. The van der Waals surface area contributed by atoms with Crippen molar-refractivity contribution in [2.24, 2.45) is 0 Å². The van der Waals surface area contributed by atoms with Crippen LogP contribution in [0.4, 0.5) is 4.39 Å². The van der Waals surface area contributed by atoms with E-state index in [-0.39, 0.29) is 27.9 Å². The van der Waals surface area contributed by atoms with Crippen molar-refractivity contribution < 1.29 is 22.3 Å². The Labute approximate surface area is 182 Å². The molecule has 1 N–H and O–H groups in total. The number of nitrogens with one attached hydrogen (secondary N) is 1. The van der Waals surface area contributed by atoms with Crippen molar-refractivity contribution in [2.45, 2.75) is 49.0 Å². The van der Waals surface area contributed by atoms with Crippen molar-refractivity contribution in [2.75, 3.05) is 20.2 Å². The molecule has 1 saturated carbocycles. The van der Waals surface area contributed by atoms with E-state index in [1.165, 1.54) is 35.7 Å². The smallest absolute Gasteiger partial charge is 0.252 e. The van der Waals surface area contributed by atoms with Crippen LogP contribution in [0.1, 0.15) is 54.4 Å². The van der Waals surface area contributed by atoms with Crippen molar-refractivity contribution in [3.05, 3.63) is 59.4 Å². The molecule has 1 aliphatic heterocycles. The predicted octanol–water partition coefficient (Wildman–Crippen LogP) is 3.82.